The number of allylic oxidation sites excluding steroid dienone is 2. The largest absolute Gasteiger partial charge is 0.365 e. The highest BCUT2D eigenvalue weighted by molar-refractivity contribution is 7.99. The van der Waals surface area contributed by atoms with Crippen molar-refractivity contribution >= 4 is 15.7 Å². The van der Waals surface area contributed by atoms with Crippen molar-refractivity contribution < 1.29 is 13.2 Å². The maximum Gasteiger partial charge on any atom is 0.260 e. The molecule has 0 radical (unpaired) electrons. The number of primary amides is 1. The second-order valence-corrected chi connectivity index (χ2v) is 3.57. The maximum atomic E-state index is 10.7. The van der Waals surface area contributed by atoms with Crippen LogP contribution in [0.5, 0.6) is 0 Å². The van der Waals surface area contributed by atoms with Crippen LogP contribution in [0.2, 0.25) is 0 Å². The summed E-state index contributed by atoms with van der Waals surface area (Å²) in [4.78, 5) is 10.0. The molecule has 0 unspecified atom stereocenters. The van der Waals surface area contributed by atoms with E-state index in [1.54, 1.807) is 0 Å². The van der Waals surface area contributed by atoms with Crippen molar-refractivity contribution in [2.45, 2.75) is 0 Å². The average Bonchev–Trinajstić information content (AvgIpc) is 2.08. The second-order valence-electron chi connectivity index (χ2n) is 1.77. The lowest BCUT2D eigenvalue weighted by molar-refractivity contribution is -0.113. The first-order valence-corrected chi connectivity index (χ1v) is 4.02. The van der Waals surface area contributed by atoms with Crippen LogP contribution in [0, 0.1) is 0 Å². The van der Waals surface area contributed by atoms with Crippen molar-refractivity contribution in [1.82, 2.24) is 0 Å². The monoisotopic (exact) mass is 159 g/mol. The number of amides is 1. The number of nitrogens with two attached hydrogens (primary N) is 1. The van der Waals surface area contributed by atoms with Crippen LogP contribution >= 0.6 is 0 Å². The van der Waals surface area contributed by atoms with Crippen LogP contribution in [0.25, 0.3) is 0 Å². The molecule has 0 aromatic carbocycles. The Morgan fingerprint density at radius 3 is 2.30 bits per heavy atom. The highest BCUT2D eigenvalue weighted by atomic mass is 32.2. The number of rotatable bonds is 1. The van der Waals surface area contributed by atoms with E-state index in [9.17, 15) is 13.2 Å². The van der Waals surface area contributed by atoms with Gasteiger partial charge in [0.1, 0.15) is 4.91 Å². The van der Waals surface area contributed by atoms with Crippen molar-refractivity contribution in [3.8, 4) is 0 Å². The summed E-state index contributed by atoms with van der Waals surface area (Å²) in [6.07, 6.45) is 2.45. The molecule has 0 aliphatic carbocycles. The van der Waals surface area contributed by atoms with E-state index in [4.69, 9.17) is 5.73 Å². The molecule has 0 spiro atoms. The molecule has 54 valence electrons. The Kier molecular flexibility index (Phi) is 1.37. The van der Waals surface area contributed by atoms with E-state index in [0.717, 1.165) is 5.41 Å². The number of hydrogen-bond donors (Lipinski definition) is 1. The van der Waals surface area contributed by atoms with Crippen LogP contribution in [0.4, 0.5) is 0 Å². The molecule has 10 heavy (non-hydrogen) atoms. The maximum absolute atomic E-state index is 10.7. The van der Waals surface area contributed by atoms with E-state index in [0.29, 0.717) is 0 Å². The van der Waals surface area contributed by atoms with Crippen LogP contribution in [0.15, 0.2) is 22.5 Å². The Bertz CT molecular complexity index is 323. The lowest BCUT2D eigenvalue weighted by atomic mass is 10.5. The molecular formula is C5H5NO3S. The molecule has 1 aliphatic rings. The molecule has 0 saturated heterocycles. The van der Waals surface area contributed by atoms with Gasteiger partial charge in [-0.05, 0) is 12.2 Å². The van der Waals surface area contributed by atoms with E-state index in [1.165, 1.54) is 12.2 Å². The summed E-state index contributed by atoms with van der Waals surface area (Å²) < 4.78 is 21.5. The molecule has 0 saturated carbocycles. The van der Waals surface area contributed by atoms with Crippen molar-refractivity contribution in [2.24, 2.45) is 5.73 Å². The van der Waals surface area contributed by atoms with Gasteiger partial charge >= 0.3 is 0 Å². The van der Waals surface area contributed by atoms with Gasteiger partial charge in [-0.1, -0.05) is 0 Å². The van der Waals surface area contributed by atoms with Gasteiger partial charge in [-0.25, -0.2) is 8.42 Å². The number of sulfone groups is 1. The molecular weight excluding hydrogens is 154 g/mol. The molecule has 0 atom stereocenters. The standard InChI is InChI=1S/C5H5NO3S/c6-5(7)4-2-1-3-10(4,8)9/h1-3H,(H2,6,7). The smallest absolute Gasteiger partial charge is 0.260 e. The topological polar surface area (TPSA) is 77.2 Å². The zero-order chi connectivity index (χ0) is 7.78. The first-order chi connectivity index (χ1) is 4.54. The molecule has 5 heteroatoms. The quantitative estimate of drug-likeness (QED) is 0.549. The van der Waals surface area contributed by atoms with E-state index in [2.05, 4.69) is 0 Å². The van der Waals surface area contributed by atoms with Crippen LogP contribution in [-0.2, 0) is 14.6 Å². The molecule has 0 aromatic heterocycles. The number of carbonyl (C=O) groups is 1. The summed E-state index contributed by atoms with van der Waals surface area (Å²) in [5.41, 5.74) is 4.75. The summed E-state index contributed by atoms with van der Waals surface area (Å²) in [5.74, 6) is -0.912. The van der Waals surface area contributed by atoms with Crippen molar-refractivity contribution in [3.63, 3.8) is 0 Å². The van der Waals surface area contributed by atoms with Gasteiger partial charge in [0.15, 0.2) is 0 Å². The van der Waals surface area contributed by atoms with Gasteiger partial charge in [0.05, 0.1) is 0 Å². The lowest BCUT2D eigenvalue weighted by Crippen LogP contribution is -2.17. The number of hydrogen-bond acceptors (Lipinski definition) is 3. The van der Waals surface area contributed by atoms with E-state index >= 15 is 0 Å². The Morgan fingerprint density at radius 2 is 2.10 bits per heavy atom. The Labute approximate surface area is 57.9 Å². The van der Waals surface area contributed by atoms with Gasteiger partial charge in [-0.15, -0.1) is 0 Å². The third-order valence-electron chi connectivity index (χ3n) is 1.05. The molecule has 0 fully saturated rings. The van der Waals surface area contributed by atoms with E-state index in [1.807, 2.05) is 0 Å². The Balaban J connectivity index is 3.18. The van der Waals surface area contributed by atoms with Gasteiger partial charge in [0, 0.05) is 5.41 Å². The second kappa shape index (κ2) is 1.95. The minimum absolute atomic E-state index is 0.340. The zero-order valence-corrected chi connectivity index (χ0v) is 5.76. The fourth-order valence-corrected chi connectivity index (χ4v) is 1.60. The predicted octanol–water partition coefficient (Wildman–Crippen LogP) is -0.702. The van der Waals surface area contributed by atoms with Crippen LogP contribution in [0.1, 0.15) is 0 Å². The molecule has 1 amide bonds. The number of carbonyl (C=O) groups excluding carboxylic acids is 1. The van der Waals surface area contributed by atoms with Crippen molar-refractivity contribution in [2.75, 3.05) is 0 Å². The third kappa shape index (κ3) is 0.950. The zero-order valence-electron chi connectivity index (χ0n) is 4.94. The van der Waals surface area contributed by atoms with Gasteiger partial charge in [-0.2, -0.15) is 0 Å². The molecule has 2 N–H and O–H groups in total. The van der Waals surface area contributed by atoms with Crippen LogP contribution < -0.4 is 5.73 Å². The van der Waals surface area contributed by atoms with Crippen LogP contribution in [0.3, 0.4) is 0 Å². The normalized spacial score (nSPS) is 20.6. The van der Waals surface area contributed by atoms with Crippen molar-refractivity contribution in [3.05, 3.63) is 22.5 Å². The summed E-state index contributed by atoms with van der Waals surface area (Å²) in [5, 5.41) is 0.938. The average molecular weight is 159 g/mol. The van der Waals surface area contributed by atoms with E-state index < -0.39 is 15.7 Å². The lowest BCUT2D eigenvalue weighted by Gasteiger charge is -1.92. The summed E-state index contributed by atoms with van der Waals surface area (Å²) >= 11 is 0. The molecule has 0 aromatic rings. The van der Waals surface area contributed by atoms with E-state index in [-0.39, 0.29) is 4.91 Å². The Morgan fingerprint density at radius 1 is 1.50 bits per heavy atom. The fourth-order valence-electron chi connectivity index (χ4n) is 0.621. The molecule has 1 heterocycles. The highest BCUT2D eigenvalue weighted by Crippen LogP contribution is 2.14. The first kappa shape index (κ1) is 7.01. The molecule has 0 bridgehead atoms. The molecule has 1 rings (SSSR count). The van der Waals surface area contributed by atoms with Crippen molar-refractivity contribution in [1.29, 1.82) is 0 Å². The summed E-state index contributed by atoms with van der Waals surface area (Å²) in [7, 11) is -3.48. The van der Waals surface area contributed by atoms with Crippen LogP contribution in [-0.4, -0.2) is 14.3 Å². The van der Waals surface area contributed by atoms with Gasteiger partial charge in [0.25, 0.3) is 5.91 Å². The summed E-state index contributed by atoms with van der Waals surface area (Å²) in [6.45, 7) is 0. The minimum atomic E-state index is -3.48. The molecule has 4 nitrogen and oxygen atoms in total. The predicted molar refractivity (Wildman–Crippen MR) is 35.3 cm³/mol. The SMILES string of the molecule is NC(=O)C1=CC=CS1(=O)=O. The Hall–Kier alpha value is -1.10. The van der Waals surface area contributed by atoms with Gasteiger partial charge in [0.2, 0.25) is 9.84 Å². The fraction of sp³-hybridized carbons (Fsp3) is 0. The van der Waals surface area contributed by atoms with Gasteiger partial charge < -0.3 is 5.73 Å². The summed E-state index contributed by atoms with van der Waals surface area (Å²) in [6, 6.07) is 0. The minimum Gasteiger partial charge on any atom is -0.365 e. The molecule has 1 aliphatic heterocycles. The highest BCUT2D eigenvalue weighted by Gasteiger charge is 2.22. The third-order valence-corrected chi connectivity index (χ3v) is 2.52. The van der Waals surface area contributed by atoms with Gasteiger partial charge in [-0.3, -0.25) is 4.79 Å². The first-order valence-electron chi connectivity index (χ1n) is 2.47.